The summed E-state index contributed by atoms with van der Waals surface area (Å²) in [6.07, 6.45) is 6.56. The highest BCUT2D eigenvalue weighted by atomic mass is 16.5. The summed E-state index contributed by atoms with van der Waals surface area (Å²) in [6, 6.07) is 5.46. The quantitative estimate of drug-likeness (QED) is 0.734. The molecule has 1 aromatic carbocycles. The van der Waals surface area contributed by atoms with E-state index in [2.05, 4.69) is 0 Å². The van der Waals surface area contributed by atoms with Crippen molar-refractivity contribution < 1.29 is 9.84 Å². The van der Waals surface area contributed by atoms with Gasteiger partial charge in [0.05, 0.1) is 6.26 Å². The number of allylic oxidation sites excluding steroid dienone is 2. The van der Waals surface area contributed by atoms with Crippen LogP contribution in [-0.4, -0.2) is 5.11 Å². The summed E-state index contributed by atoms with van der Waals surface area (Å²) in [5.41, 5.74) is 1.87. The summed E-state index contributed by atoms with van der Waals surface area (Å²) in [5.74, 6) is 1.18. The molecule has 1 N–H and O–H groups in total. The molecule has 14 heavy (non-hydrogen) atoms. The minimum Gasteiger partial charge on any atom is -0.508 e. The number of benzene rings is 1. The zero-order valence-corrected chi connectivity index (χ0v) is 8.03. The van der Waals surface area contributed by atoms with Gasteiger partial charge in [0.2, 0.25) is 0 Å². The van der Waals surface area contributed by atoms with E-state index in [4.69, 9.17) is 4.74 Å². The van der Waals surface area contributed by atoms with Gasteiger partial charge in [0.15, 0.2) is 0 Å². The molecular weight excluding hydrogens is 176 g/mol. The highest BCUT2D eigenvalue weighted by Gasteiger charge is 2.05. The second kappa shape index (κ2) is 3.58. The Morgan fingerprint density at radius 1 is 1.36 bits per heavy atom. The van der Waals surface area contributed by atoms with Gasteiger partial charge in [0, 0.05) is 5.56 Å². The van der Waals surface area contributed by atoms with Crippen molar-refractivity contribution in [2.45, 2.75) is 13.3 Å². The molecule has 72 valence electrons. The molecule has 0 saturated heterocycles. The Hall–Kier alpha value is -1.70. The minimum atomic E-state index is 0.320. The maximum absolute atomic E-state index is 9.37. The lowest BCUT2D eigenvalue weighted by Gasteiger charge is -2.10. The molecule has 0 bridgehead atoms. The summed E-state index contributed by atoms with van der Waals surface area (Å²) in [7, 11) is 0. The SMILES string of the molecule is Cc1cc(C2=CCC=CO2)ccc1O. The molecule has 0 amide bonds. The fourth-order valence-corrected chi connectivity index (χ4v) is 1.39. The van der Waals surface area contributed by atoms with Crippen LogP contribution in [0.25, 0.3) is 5.76 Å². The van der Waals surface area contributed by atoms with Gasteiger partial charge in [0.25, 0.3) is 0 Å². The number of aromatic hydroxyl groups is 1. The first-order chi connectivity index (χ1) is 6.77. The number of rotatable bonds is 1. The van der Waals surface area contributed by atoms with Crippen LogP contribution in [0.3, 0.4) is 0 Å². The van der Waals surface area contributed by atoms with Crippen molar-refractivity contribution in [1.29, 1.82) is 0 Å². The van der Waals surface area contributed by atoms with Gasteiger partial charge in [-0.3, -0.25) is 0 Å². The Balaban J connectivity index is 2.33. The highest BCUT2D eigenvalue weighted by Crippen LogP contribution is 2.25. The third-order valence-corrected chi connectivity index (χ3v) is 2.21. The van der Waals surface area contributed by atoms with E-state index >= 15 is 0 Å². The molecule has 2 rings (SSSR count). The molecule has 1 aliphatic rings. The van der Waals surface area contributed by atoms with E-state index in [-0.39, 0.29) is 0 Å². The van der Waals surface area contributed by atoms with E-state index in [0.717, 1.165) is 23.3 Å². The second-order valence-electron chi connectivity index (χ2n) is 3.29. The Kier molecular flexibility index (Phi) is 2.27. The molecule has 0 saturated carbocycles. The summed E-state index contributed by atoms with van der Waals surface area (Å²) >= 11 is 0. The predicted octanol–water partition coefficient (Wildman–Crippen LogP) is 2.98. The molecule has 1 aliphatic heterocycles. The van der Waals surface area contributed by atoms with Crippen LogP contribution in [0.1, 0.15) is 17.5 Å². The van der Waals surface area contributed by atoms with E-state index in [1.54, 1.807) is 12.3 Å². The Labute approximate surface area is 83.1 Å². The first-order valence-corrected chi connectivity index (χ1v) is 4.59. The predicted molar refractivity (Wildman–Crippen MR) is 55.7 cm³/mol. The molecule has 0 spiro atoms. The van der Waals surface area contributed by atoms with Crippen LogP contribution in [0.2, 0.25) is 0 Å². The van der Waals surface area contributed by atoms with Gasteiger partial charge in [-0.25, -0.2) is 0 Å². The topological polar surface area (TPSA) is 29.5 Å². The monoisotopic (exact) mass is 188 g/mol. The molecule has 0 fully saturated rings. The number of hydrogen-bond donors (Lipinski definition) is 1. The van der Waals surface area contributed by atoms with Crippen molar-refractivity contribution in [3.05, 3.63) is 47.7 Å². The van der Waals surface area contributed by atoms with Crippen LogP contribution >= 0.6 is 0 Å². The van der Waals surface area contributed by atoms with Crippen molar-refractivity contribution in [2.75, 3.05) is 0 Å². The maximum atomic E-state index is 9.37. The molecule has 0 unspecified atom stereocenters. The number of phenolic OH excluding ortho intramolecular Hbond substituents is 1. The Morgan fingerprint density at radius 2 is 2.21 bits per heavy atom. The smallest absolute Gasteiger partial charge is 0.130 e. The molecule has 1 heterocycles. The number of phenols is 1. The molecule has 0 aromatic heterocycles. The Bertz CT molecular complexity index is 403. The summed E-state index contributed by atoms with van der Waals surface area (Å²) < 4.78 is 5.36. The number of ether oxygens (including phenoxy) is 1. The largest absolute Gasteiger partial charge is 0.508 e. The molecule has 0 atom stereocenters. The van der Waals surface area contributed by atoms with E-state index < -0.39 is 0 Å². The first kappa shape index (κ1) is 8.88. The van der Waals surface area contributed by atoms with Crippen LogP contribution in [0, 0.1) is 6.92 Å². The van der Waals surface area contributed by atoms with Crippen LogP contribution in [0.4, 0.5) is 0 Å². The van der Waals surface area contributed by atoms with Crippen molar-refractivity contribution >= 4 is 5.76 Å². The average molecular weight is 188 g/mol. The van der Waals surface area contributed by atoms with Crippen LogP contribution < -0.4 is 0 Å². The zero-order valence-electron chi connectivity index (χ0n) is 8.03. The summed E-state index contributed by atoms with van der Waals surface area (Å²) in [4.78, 5) is 0. The van der Waals surface area contributed by atoms with E-state index in [0.29, 0.717) is 5.75 Å². The van der Waals surface area contributed by atoms with Crippen LogP contribution in [0.5, 0.6) is 5.75 Å². The van der Waals surface area contributed by atoms with Gasteiger partial charge >= 0.3 is 0 Å². The van der Waals surface area contributed by atoms with Gasteiger partial charge in [-0.1, -0.05) is 0 Å². The third kappa shape index (κ3) is 1.64. The van der Waals surface area contributed by atoms with Gasteiger partial charge in [0.1, 0.15) is 11.5 Å². The summed E-state index contributed by atoms with van der Waals surface area (Å²) in [5, 5.41) is 9.37. The molecular formula is C12H12O2. The molecule has 2 nitrogen and oxygen atoms in total. The lowest BCUT2D eigenvalue weighted by atomic mass is 10.1. The lowest BCUT2D eigenvalue weighted by Crippen LogP contribution is -1.90. The zero-order chi connectivity index (χ0) is 9.97. The molecule has 1 aromatic rings. The van der Waals surface area contributed by atoms with Crippen molar-refractivity contribution in [3.63, 3.8) is 0 Å². The van der Waals surface area contributed by atoms with Crippen molar-refractivity contribution in [3.8, 4) is 5.75 Å². The molecule has 0 radical (unpaired) electrons. The van der Waals surface area contributed by atoms with E-state index in [1.807, 2.05) is 31.2 Å². The molecule has 2 heteroatoms. The normalized spacial score (nSPS) is 14.8. The first-order valence-electron chi connectivity index (χ1n) is 4.59. The van der Waals surface area contributed by atoms with E-state index in [1.165, 1.54) is 0 Å². The van der Waals surface area contributed by atoms with Crippen molar-refractivity contribution in [1.82, 2.24) is 0 Å². The standard InChI is InChI=1S/C12H12O2/c1-9-8-10(5-6-11(9)13)12-4-2-3-7-14-12/h3-8,13H,2H2,1H3. The fraction of sp³-hybridized carbons (Fsp3) is 0.167. The minimum absolute atomic E-state index is 0.320. The van der Waals surface area contributed by atoms with Crippen LogP contribution in [-0.2, 0) is 4.74 Å². The number of hydrogen-bond acceptors (Lipinski definition) is 2. The van der Waals surface area contributed by atoms with Gasteiger partial charge in [-0.2, -0.15) is 0 Å². The van der Waals surface area contributed by atoms with Gasteiger partial charge < -0.3 is 9.84 Å². The van der Waals surface area contributed by atoms with Crippen molar-refractivity contribution in [2.24, 2.45) is 0 Å². The van der Waals surface area contributed by atoms with Crippen LogP contribution in [0.15, 0.2) is 36.6 Å². The Morgan fingerprint density at radius 3 is 2.86 bits per heavy atom. The average Bonchev–Trinajstić information content (AvgIpc) is 2.23. The fourth-order valence-electron chi connectivity index (χ4n) is 1.39. The summed E-state index contributed by atoms with van der Waals surface area (Å²) in [6.45, 7) is 1.87. The van der Waals surface area contributed by atoms with Gasteiger partial charge in [-0.15, -0.1) is 0 Å². The third-order valence-electron chi connectivity index (χ3n) is 2.21. The number of aryl methyl sites for hydroxylation is 1. The van der Waals surface area contributed by atoms with Gasteiger partial charge in [-0.05, 0) is 49.3 Å². The second-order valence-corrected chi connectivity index (χ2v) is 3.29. The molecule has 0 aliphatic carbocycles. The maximum Gasteiger partial charge on any atom is 0.130 e. The lowest BCUT2D eigenvalue weighted by molar-refractivity contribution is 0.427. The van der Waals surface area contributed by atoms with E-state index in [9.17, 15) is 5.11 Å². The highest BCUT2D eigenvalue weighted by molar-refractivity contribution is 5.63.